The Labute approximate surface area is 102 Å². The first kappa shape index (κ1) is 12.1. The number of aromatic nitrogens is 3. The van der Waals surface area contributed by atoms with Crippen molar-refractivity contribution < 1.29 is 0 Å². The summed E-state index contributed by atoms with van der Waals surface area (Å²) in [5.41, 5.74) is -0.0480. The Balaban J connectivity index is 2.00. The summed E-state index contributed by atoms with van der Waals surface area (Å²) in [7, 11) is 0. The Morgan fingerprint density at radius 2 is 1.94 bits per heavy atom. The van der Waals surface area contributed by atoms with Crippen LogP contribution in [0, 0.1) is 0 Å². The topological polar surface area (TPSA) is 62.7 Å². The van der Waals surface area contributed by atoms with Crippen LogP contribution >= 0.6 is 0 Å². The Bertz CT molecular complexity index is 365. The number of nitrogens with one attached hydrogen (secondary N) is 2. The molecule has 1 aromatic rings. The van der Waals surface area contributed by atoms with E-state index in [1.54, 1.807) is 6.20 Å². The predicted molar refractivity (Wildman–Crippen MR) is 69.1 cm³/mol. The van der Waals surface area contributed by atoms with Gasteiger partial charge in [0.25, 0.3) is 0 Å². The third kappa shape index (κ3) is 3.84. The van der Waals surface area contributed by atoms with Gasteiger partial charge >= 0.3 is 0 Å². The van der Waals surface area contributed by atoms with Gasteiger partial charge in [-0.3, -0.25) is 0 Å². The lowest BCUT2D eigenvalue weighted by molar-refractivity contribution is 0.622. The summed E-state index contributed by atoms with van der Waals surface area (Å²) in [6.07, 6.45) is 6.76. The zero-order valence-corrected chi connectivity index (χ0v) is 10.8. The van der Waals surface area contributed by atoms with Crippen LogP contribution in [0.15, 0.2) is 6.20 Å². The second-order valence-electron chi connectivity index (χ2n) is 5.67. The molecule has 2 rings (SSSR count). The van der Waals surface area contributed by atoms with Gasteiger partial charge in [0.1, 0.15) is 0 Å². The summed E-state index contributed by atoms with van der Waals surface area (Å²) in [6, 6.07) is 0.550. The molecule has 94 valence electrons. The fourth-order valence-corrected chi connectivity index (χ4v) is 2.04. The molecule has 1 fully saturated rings. The van der Waals surface area contributed by atoms with E-state index in [1.807, 2.05) is 0 Å². The van der Waals surface area contributed by atoms with Crippen molar-refractivity contribution in [2.45, 2.75) is 58.0 Å². The van der Waals surface area contributed by atoms with Crippen LogP contribution < -0.4 is 10.6 Å². The number of rotatable bonds is 3. The predicted octanol–water partition coefficient (Wildman–Crippen LogP) is 2.44. The van der Waals surface area contributed by atoms with Gasteiger partial charge in [-0.15, -0.1) is 5.10 Å². The lowest BCUT2D eigenvalue weighted by Gasteiger charge is -2.20. The van der Waals surface area contributed by atoms with Gasteiger partial charge < -0.3 is 10.6 Å². The van der Waals surface area contributed by atoms with E-state index in [4.69, 9.17) is 0 Å². The molecule has 0 amide bonds. The molecule has 17 heavy (non-hydrogen) atoms. The van der Waals surface area contributed by atoms with Crippen molar-refractivity contribution >= 4 is 11.8 Å². The Morgan fingerprint density at radius 3 is 2.59 bits per heavy atom. The molecule has 0 unspecified atom stereocenters. The maximum atomic E-state index is 4.43. The van der Waals surface area contributed by atoms with E-state index in [1.165, 1.54) is 25.7 Å². The van der Waals surface area contributed by atoms with E-state index in [-0.39, 0.29) is 5.54 Å². The lowest BCUT2D eigenvalue weighted by Crippen LogP contribution is -2.28. The maximum absolute atomic E-state index is 4.43. The lowest BCUT2D eigenvalue weighted by atomic mass is 10.1. The number of nitrogens with zero attached hydrogens (tertiary/aromatic N) is 3. The van der Waals surface area contributed by atoms with Crippen LogP contribution in [0.5, 0.6) is 0 Å². The van der Waals surface area contributed by atoms with Crippen molar-refractivity contribution in [3.05, 3.63) is 6.20 Å². The van der Waals surface area contributed by atoms with Gasteiger partial charge in [-0.25, -0.2) is 0 Å². The van der Waals surface area contributed by atoms with E-state index in [0.717, 1.165) is 5.82 Å². The normalized spacial score (nSPS) is 17.1. The fraction of sp³-hybridized carbons (Fsp3) is 0.750. The summed E-state index contributed by atoms with van der Waals surface area (Å²) in [5.74, 6) is 1.40. The van der Waals surface area contributed by atoms with E-state index in [0.29, 0.717) is 12.0 Å². The minimum atomic E-state index is -0.0480. The summed E-state index contributed by atoms with van der Waals surface area (Å²) in [6.45, 7) is 6.23. The van der Waals surface area contributed by atoms with Gasteiger partial charge in [-0.05, 0) is 33.6 Å². The quantitative estimate of drug-likeness (QED) is 0.842. The Kier molecular flexibility index (Phi) is 3.45. The molecular weight excluding hydrogens is 214 g/mol. The second kappa shape index (κ2) is 4.85. The minimum absolute atomic E-state index is 0.0480. The van der Waals surface area contributed by atoms with Gasteiger partial charge in [0.05, 0.1) is 6.20 Å². The summed E-state index contributed by atoms with van der Waals surface area (Å²) >= 11 is 0. The zero-order chi connectivity index (χ0) is 12.3. The second-order valence-corrected chi connectivity index (χ2v) is 5.67. The first-order valence-corrected chi connectivity index (χ1v) is 6.27. The van der Waals surface area contributed by atoms with Crippen LogP contribution in [0.1, 0.15) is 46.5 Å². The van der Waals surface area contributed by atoms with Gasteiger partial charge in [0.15, 0.2) is 5.82 Å². The molecule has 0 spiro atoms. The minimum Gasteiger partial charge on any atom is -0.366 e. The van der Waals surface area contributed by atoms with Gasteiger partial charge in [-0.1, -0.05) is 12.8 Å². The molecule has 5 heteroatoms. The van der Waals surface area contributed by atoms with Crippen molar-refractivity contribution in [1.82, 2.24) is 15.2 Å². The van der Waals surface area contributed by atoms with Crippen LogP contribution in [0.3, 0.4) is 0 Å². The molecule has 5 nitrogen and oxygen atoms in total. The molecule has 1 heterocycles. The van der Waals surface area contributed by atoms with Crippen molar-refractivity contribution in [2.24, 2.45) is 0 Å². The van der Waals surface area contributed by atoms with E-state index >= 15 is 0 Å². The molecular formula is C12H21N5. The highest BCUT2D eigenvalue weighted by atomic mass is 15.3. The zero-order valence-electron chi connectivity index (χ0n) is 10.8. The molecule has 1 aliphatic rings. The summed E-state index contributed by atoms with van der Waals surface area (Å²) in [5, 5.41) is 14.6. The highest BCUT2D eigenvalue weighted by molar-refractivity contribution is 5.39. The summed E-state index contributed by atoms with van der Waals surface area (Å²) < 4.78 is 0. The van der Waals surface area contributed by atoms with Crippen LogP contribution in [0.4, 0.5) is 11.8 Å². The van der Waals surface area contributed by atoms with E-state index in [9.17, 15) is 0 Å². The summed E-state index contributed by atoms with van der Waals surface area (Å²) in [4.78, 5) is 4.43. The monoisotopic (exact) mass is 235 g/mol. The first-order chi connectivity index (χ1) is 8.03. The van der Waals surface area contributed by atoms with Crippen LogP contribution in [0.2, 0.25) is 0 Å². The van der Waals surface area contributed by atoms with Gasteiger partial charge in [-0.2, -0.15) is 10.1 Å². The average molecular weight is 235 g/mol. The van der Waals surface area contributed by atoms with Gasteiger partial charge in [0.2, 0.25) is 5.95 Å². The van der Waals surface area contributed by atoms with Gasteiger partial charge in [0, 0.05) is 11.6 Å². The molecule has 0 radical (unpaired) electrons. The molecule has 0 bridgehead atoms. The number of hydrogen-bond acceptors (Lipinski definition) is 5. The molecule has 1 saturated carbocycles. The Morgan fingerprint density at radius 1 is 1.24 bits per heavy atom. The number of hydrogen-bond donors (Lipinski definition) is 2. The fourth-order valence-electron chi connectivity index (χ4n) is 2.04. The van der Waals surface area contributed by atoms with Crippen molar-refractivity contribution in [1.29, 1.82) is 0 Å². The van der Waals surface area contributed by atoms with E-state index < -0.39 is 0 Å². The van der Waals surface area contributed by atoms with Crippen molar-refractivity contribution in [2.75, 3.05) is 10.6 Å². The first-order valence-electron chi connectivity index (χ1n) is 6.27. The molecule has 1 aliphatic carbocycles. The average Bonchev–Trinajstić information content (AvgIpc) is 2.68. The maximum Gasteiger partial charge on any atom is 0.245 e. The molecule has 0 aromatic carbocycles. The third-order valence-corrected chi connectivity index (χ3v) is 2.75. The molecule has 2 N–H and O–H groups in total. The SMILES string of the molecule is CC(C)(C)Nc1nncc(NC2CCCC2)n1. The molecule has 0 saturated heterocycles. The largest absolute Gasteiger partial charge is 0.366 e. The third-order valence-electron chi connectivity index (χ3n) is 2.75. The van der Waals surface area contributed by atoms with Crippen molar-refractivity contribution in [3.8, 4) is 0 Å². The number of anilines is 2. The smallest absolute Gasteiger partial charge is 0.245 e. The highest BCUT2D eigenvalue weighted by Crippen LogP contribution is 2.21. The molecule has 1 aromatic heterocycles. The molecule has 0 aliphatic heterocycles. The van der Waals surface area contributed by atoms with Crippen LogP contribution in [-0.2, 0) is 0 Å². The van der Waals surface area contributed by atoms with Crippen LogP contribution in [0.25, 0.3) is 0 Å². The Hall–Kier alpha value is -1.39. The molecule has 0 atom stereocenters. The standard InChI is InChI=1S/C12H21N5/c1-12(2,3)16-11-15-10(8-13-17-11)14-9-6-4-5-7-9/h8-9H,4-7H2,1-3H3,(H2,14,15,16,17). The highest BCUT2D eigenvalue weighted by Gasteiger charge is 2.16. The van der Waals surface area contributed by atoms with Crippen molar-refractivity contribution in [3.63, 3.8) is 0 Å². The van der Waals surface area contributed by atoms with Crippen LogP contribution in [-0.4, -0.2) is 26.8 Å². The van der Waals surface area contributed by atoms with E-state index in [2.05, 4.69) is 46.6 Å².